The minimum absolute atomic E-state index is 0.315. The Balaban J connectivity index is 2.92. The molecule has 0 unspecified atom stereocenters. The Bertz CT molecular complexity index is 427. The Morgan fingerprint density at radius 3 is 2.18 bits per heavy atom. The summed E-state index contributed by atoms with van der Waals surface area (Å²) in [5, 5.41) is 0. The average Bonchev–Trinajstić information content (AvgIpc) is 2.27. The molecule has 0 N–H and O–H groups in total. The third-order valence-corrected chi connectivity index (χ3v) is 2.41. The van der Waals surface area contributed by atoms with E-state index >= 15 is 0 Å². The predicted octanol–water partition coefficient (Wildman–Crippen LogP) is 4.13. The zero-order valence-corrected chi connectivity index (χ0v) is 9.80. The van der Waals surface area contributed by atoms with Crippen LogP contribution in [0.25, 0.3) is 0 Å². The van der Waals surface area contributed by atoms with Crippen molar-refractivity contribution >= 4 is 5.71 Å². The summed E-state index contributed by atoms with van der Waals surface area (Å²) < 4.78 is 36.7. The fourth-order valence-corrected chi connectivity index (χ4v) is 1.31. The van der Waals surface area contributed by atoms with Crippen LogP contribution >= 0.6 is 0 Å². The van der Waals surface area contributed by atoms with Gasteiger partial charge in [-0.05, 0) is 24.5 Å². The van der Waals surface area contributed by atoms with Crippen LogP contribution in [0, 0.1) is 0 Å². The number of benzene rings is 1. The molecule has 0 bridgehead atoms. The van der Waals surface area contributed by atoms with Crippen molar-refractivity contribution in [1.29, 1.82) is 0 Å². The molecule has 92 valence electrons. The molecule has 0 atom stereocenters. The van der Waals surface area contributed by atoms with Crippen molar-refractivity contribution in [2.75, 3.05) is 0 Å². The quantitative estimate of drug-likeness (QED) is 0.705. The standard InChI is InChI=1S/C13H14F3N/c1-4-11-5-7-12(8-6-11)9(2)17-10(3)13(14,15)16/h5-8H,3-4H2,1-2H3/b17-9+. The Hall–Kier alpha value is -1.58. The van der Waals surface area contributed by atoms with Gasteiger partial charge in [-0.15, -0.1) is 0 Å². The zero-order valence-electron chi connectivity index (χ0n) is 9.80. The topological polar surface area (TPSA) is 12.4 Å². The van der Waals surface area contributed by atoms with Gasteiger partial charge in [0, 0.05) is 5.71 Å². The highest BCUT2D eigenvalue weighted by Crippen LogP contribution is 2.25. The van der Waals surface area contributed by atoms with Crippen molar-refractivity contribution < 1.29 is 13.2 Å². The fourth-order valence-electron chi connectivity index (χ4n) is 1.31. The third kappa shape index (κ3) is 3.73. The largest absolute Gasteiger partial charge is 0.432 e. The smallest absolute Gasteiger partial charge is 0.249 e. The first-order chi connectivity index (χ1) is 7.84. The van der Waals surface area contributed by atoms with Crippen molar-refractivity contribution in [3.63, 3.8) is 0 Å². The van der Waals surface area contributed by atoms with Crippen LogP contribution in [-0.2, 0) is 6.42 Å². The fraction of sp³-hybridized carbons (Fsp3) is 0.308. The van der Waals surface area contributed by atoms with E-state index in [1.165, 1.54) is 6.92 Å². The molecule has 0 aromatic heterocycles. The molecule has 1 nitrogen and oxygen atoms in total. The van der Waals surface area contributed by atoms with Crippen molar-refractivity contribution in [3.05, 3.63) is 47.7 Å². The number of rotatable bonds is 3. The number of nitrogens with zero attached hydrogens (tertiary/aromatic N) is 1. The second-order valence-corrected chi connectivity index (χ2v) is 3.69. The van der Waals surface area contributed by atoms with Crippen molar-refractivity contribution in [2.45, 2.75) is 26.4 Å². The maximum atomic E-state index is 12.2. The summed E-state index contributed by atoms with van der Waals surface area (Å²) in [6.45, 7) is 6.47. The molecule has 1 rings (SSSR count). The first-order valence-corrected chi connectivity index (χ1v) is 5.25. The number of allylic oxidation sites excluding steroid dienone is 1. The molecule has 1 aromatic rings. The second kappa shape index (κ2) is 5.17. The van der Waals surface area contributed by atoms with Gasteiger partial charge in [-0.1, -0.05) is 37.8 Å². The monoisotopic (exact) mass is 241 g/mol. The number of alkyl halides is 3. The van der Waals surface area contributed by atoms with Gasteiger partial charge < -0.3 is 0 Å². The molecule has 0 radical (unpaired) electrons. The van der Waals surface area contributed by atoms with Crippen LogP contribution in [0.4, 0.5) is 13.2 Å². The summed E-state index contributed by atoms with van der Waals surface area (Å²) in [5.74, 6) is 0. The Kier molecular flexibility index (Phi) is 4.10. The van der Waals surface area contributed by atoms with Crippen LogP contribution in [-0.4, -0.2) is 11.9 Å². The number of aliphatic imine (C=N–C) groups is 1. The molecule has 0 saturated heterocycles. The molecule has 0 spiro atoms. The molecule has 4 heteroatoms. The van der Waals surface area contributed by atoms with Gasteiger partial charge in [0.25, 0.3) is 0 Å². The molecule has 17 heavy (non-hydrogen) atoms. The van der Waals surface area contributed by atoms with Crippen molar-refractivity contribution in [2.24, 2.45) is 4.99 Å². The van der Waals surface area contributed by atoms with E-state index in [-0.39, 0.29) is 0 Å². The second-order valence-electron chi connectivity index (χ2n) is 3.69. The summed E-state index contributed by atoms with van der Waals surface area (Å²) in [6.07, 6.45) is -3.57. The van der Waals surface area contributed by atoms with Gasteiger partial charge in [0.2, 0.25) is 0 Å². The van der Waals surface area contributed by atoms with Crippen LogP contribution in [0.2, 0.25) is 0 Å². The van der Waals surface area contributed by atoms with Crippen LogP contribution in [0.1, 0.15) is 25.0 Å². The van der Waals surface area contributed by atoms with Crippen molar-refractivity contribution in [1.82, 2.24) is 0 Å². The van der Waals surface area contributed by atoms with Gasteiger partial charge in [0.05, 0.1) is 0 Å². The van der Waals surface area contributed by atoms with Crippen LogP contribution in [0.3, 0.4) is 0 Å². The predicted molar refractivity (Wildman–Crippen MR) is 63.2 cm³/mol. The number of hydrogen-bond donors (Lipinski definition) is 0. The number of halogens is 3. The minimum atomic E-state index is -4.47. The van der Waals surface area contributed by atoms with Gasteiger partial charge >= 0.3 is 6.18 Å². The molecular formula is C13H14F3N. The summed E-state index contributed by atoms with van der Waals surface area (Å²) in [7, 11) is 0. The van der Waals surface area contributed by atoms with Crippen molar-refractivity contribution in [3.8, 4) is 0 Å². The molecule has 0 fully saturated rings. The van der Waals surface area contributed by atoms with Crippen LogP contribution < -0.4 is 0 Å². The van der Waals surface area contributed by atoms with E-state index in [0.717, 1.165) is 12.0 Å². The van der Waals surface area contributed by atoms with E-state index in [0.29, 0.717) is 11.3 Å². The van der Waals surface area contributed by atoms with Gasteiger partial charge in [-0.3, -0.25) is 0 Å². The lowest BCUT2D eigenvalue weighted by Gasteiger charge is -2.07. The highest BCUT2D eigenvalue weighted by Gasteiger charge is 2.32. The molecule has 0 saturated carbocycles. The summed E-state index contributed by atoms with van der Waals surface area (Å²) in [6, 6.07) is 7.29. The molecule has 0 aliphatic carbocycles. The maximum absolute atomic E-state index is 12.2. The van der Waals surface area contributed by atoms with Gasteiger partial charge in [-0.25, -0.2) is 4.99 Å². The molecular weight excluding hydrogens is 227 g/mol. The Morgan fingerprint density at radius 1 is 1.24 bits per heavy atom. The first kappa shape index (κ1) is 13.5. The summed E-state index contributed by atoms with van der Waals surface area (Å²) >= 11 is 0. The van der Waals surface area contributed by atoms with E-state index in [1.807, 2.05) is 19.1 Å². The van der Waals surface area contributed by atoms with E-state index in [1.54, 1.807) is 12.1 Å². The van der Waals surface area contributed by atoms with E-state index in [9.17, 15) is 13.2 Å². The molecule has 0 aliphatic heterocycles. The molecule has 0 aliphatic rings. The van der Waals surface area contributed by atoms with Crippen LogP contribution in [0.5, 0.6) is 0 Å². The summed E-state index contributed by atoms with van der Waals surface area (Å²) in [4.78, 5) is 3.47. The van der Waals surface area contributed by atoms with E-state index in [4.69, 9.17) is 0 Å². The van der Waals surface area contributed by atoms with E-state index in [2.05, 4.69) is 11.6 Å². The Labute approximate surface area is 98.7 Å². The number of hydrogen-bond acceptors (Lipinski definition) is 1. The third-order valence-electron chi connectivity index (χ3n) is 2.41. The Morgan fingerprint density at radius 2 is 1.76 bits per heavy atom. The molecule has 0 amide bonds. The zero-order chi connectivity index (χ0) is 13.1. The summed E-state index contributed by atoms with van der Waals surface area (Å²) in [5.41, 5.74) is 1.05. The van der Waals surface area contributed by atoms with Crippen LogP contribution in [0.15, 0.2) is 41.5 Å². The number of aryl methyl sites for hydroxylation is 1. The van der Waals surface area contributed by atoms with E-state index < -0.39 is 11.9 Å². The first-order valence-electron chi connectivity index (χ1n) is 5.25. The van der Waals surface area contributed by atoms with Gasteiger partial charge in [0.1, 0.15) is 5.70 Å². The minimum Gasteiger partial charge on any atom is -0.249 e. The SMILES string of the molecule is C=C(/N=C(\C)c1ccc(CC)cc1)C(F)(F)F. The highest BCUT2D eigenvalue weighted by atomic mass is 19.4. The lowest BCUT2D eigenvalue weighted by molar-refractivity contribution is -0.0919. The lowest BCUT2D eigenvalue weighted by atomic mass is 10.1. The normalized spacial score (nSPS) is 12.6. The van der Waals surface area contributed by atoms with Gasteiger partial charge in [0.15, 0.2) is 0 Å². The molecule has 1 aromatic carbocycles. The lowest BCUT2D eigenvalue weighted by Crippen LogP contribution is -2.10. The maximum Gasteiger partial charge on any atom is 0.432 e. The van der Waals surface area contributed by atoms with Gasteiger partial charge in [-0.2, -0.15) is 13.2 Å². The highest BCUT2D eigenvalue weighted by molar-refractivity contribution is 5.99. The average molecular weight is 241 g/mol. The molecule has 0 heterocycles.